The lowest BCUT2D eigenvalue weighted by Gasteiger charge is -1.69. The van der Waals surface area contributed by atoms with Gasteiger partial charge in [0.05, 0.1) is 0 Å². The van der Waals surface area contributed by atoms with Crippen LogP contribution in [0.4, 0.5) is 0 Å². The Labute approximate surface area is 49.2 Å². The third kappa shape index (κ3) is 4.82. The molecular weight excluding hydrogens is 100 g/mol. The highest BCUT2D eigenvalue weighted by Gasteiger charge is 1.55. The van der Waals surface area contributed by atoms with Gasteiger partial charge < -0.3 is 11.5 Å². The molecule has 4 N–H and O–H groups in total. The molecule has 0 unspecified atom stereocenters. The third-order valence-corrected chi connectivity index (χ3v) is 0.556. The quantitative estimate of drug-likeness (QED) is 0.508. The second-order valence-electron chi connectivity index (χ2n) is 1.15. The van der Waals surface area contributed by atoms with Crippen LogP contribution in [-0.4, -0.2) is 0 Å². The summed E-state index contributed by atoms with van der Waals surface area (Å²) in [6.45, 7) is 0. The number of hydrogen-bond acceptors (Lipinski definition) is 2. The van der Waals surface area contributed by atoms with Crippen molar-refractivity contribution in [3.63, 3.8) is 0 Å². The van der Waals surface area contributed by atoms with E-state index in [-0.39, 0.29) is 0 Å². The van der Waals surface area contributed by atoms with Gasteiger partial charge in [-0.25, -0.2) is 0 Å². The second-order valence-corrected chi connectivity index (χ2v) is 1.15. The van der Waals surface area contributed by atoms with Gasteiger partial charge in [0.25, 0.3) is 0 Å². The molecular formula is C6H10N2. The van der Waals surface area contributed by atoms with Gasteiger partial charge in [0.2, 0.25) is 0 Å². The van der Waals surface area contributed by atoms with E-state index in [1.807, 2.05) is 0 Å². The summed E-state index contributed by atoms with van der Waals surface area (Å²) in [4.78, 5) is 0. The average molecular weight is 110 g/mol. The molecule has 0 atom stereocenters. The standard InChI is InChI=1S/C6H10N2/c7-5-3-1-2-4-6-8/h1-6H,7-8H2/b2-1-,5-3+,6-4+. The molecule has 0 bridgehead atoms. The third-order valence-electron chi connectivity index (χ3n) is 0.556. The van der Waals surface area contributed by atoms with Crippen LogP contribution in [0.5, 0.6) is 0 Å². The topological polar surface area (TPSA) is 52.0 Å². The summed E-state index contributed by atoms with van der Waals surface area (Å²) in [7, 11) is 0. The summed E-state index contributed by atoms with van der Waals surface area (Å²) >= 11 is 0. The SMILES string of the molecule is N/C=C/C=C\C=C\N. The largest absolute Gasteiger partial charge is 0.405 e. The summed E-state index contributed by atoms with van der Waals surface area (Å²) in [5.41, 5.74) is 10.0. The first-order valence-corrected chi connectivity index (χ1v) is 2.33. The Morgan fingerprint density at radius 3 is 1.25 bits per heavy atom. The normalized spacial score (nSPS) is 12.5. The van der Waals surface area contributed by atoms with Crippen LogP contribution < -0.4 is 11.5 Å². The Balaban J connectivity index is 3.35. The van der Waals surface area contributed by atoms with E-state index in [4.69, 9.17) is 11.5 Å². The predicted molar refractivity (Wildman–Crippen MR) is 35.8 cm³/mol. The molecule has 0 fully saturated rings. The number of allylic oxidation sites excluding steroid dienone is 4. The van der Waals surface area contributed by atoms with E-state index in [0.29, 0.717) is 0 Å². The minimum atomic E-state index is 1.46. The fourth-order valence-electron chi connectivity index (χ4n) is 0.257. The van der Waals surface area contributed by atoms with Gasteiger partial charge in [0.1, 0.15) is 0 Å². The van der Waals surface area contributed by atoms with E-state index in [1.165, 1.54) is 12.4 Å². The van der Waals surface area contributed by atoms with E-state index in [2.05, 4.69) is 0 Å². The highest BCUT2D eigenvalue weighted by molar-refractivity contribution is 5.09. The Bertz CT molecular complexity index is 97.7. The van der Waals surface area contributed by atoms with Crippen molar-refractivity contribution in [2.45, 2.75) is 0 Å². The first-order chi connectivity index (χ1) is 3.91. The van der Waals surface area contributed by atoms with Crippen molar-refractivity contribution in [2.24, 2.45) is 11.5 Å². The minimum Gasteiger partial charge on any atom is -0.405 e. The van der Waals surface area contributed by atoms with Crippen molar-refractivity contribution in [1.82, 2.24) is 0 Å². The molecule has 0 heterocycles. The number of rotatable bonds is 2. The molecule has 8 heavy (non-hydrogen) atoms. The van der Waals surface area contributed by atoms with Gasteiger partial charge in [0.15, 0.2) is 0 Å². The maximum Gasteiger partial charge on any atom is -0.00624 e. The zero-order chi connectivity index (χ0) is 6.24. The Kier molecular flexibility index (Phi) is 4.96. The zero-order valence-corrected chi connectivity index (χ0v) is 4.62. The van der Waals surface area contributed by atoms with Gasteiger partial charge in [-0.2, -0.15) is 0 Å². The molecule has 44 valence electrons. The summed E-state index contributed by atoms with van der Waals surface area (Å²) in [5, 5.41) is 0. The highest BCUT2D eigenvalue weighted by Crippen LogP contribution is 1.73. The Morgan fingerprint density at radius 2 is 1.00 bits per heavy atom. The molecule has 0 aliphatic heterocycles. The van der Waals surface area contributed by atoms with Crippen LogP contribution in [-0.2, 0) is 0 Å². The Hall–Kier alpha value is -1.18. The first-order valence-electron chi connectivity index (χ1n) is 2.33. The molecule has 0 saturated heterocycles. The zero-order valence-electron chi connectivity index (χ0n) is 4.62. The van der Waals surface area contributed by atoms with Crippen LogP contribution in [0.1, 0.15) is 0 Å². The Morgan fingerprint density at radius 1 is 0.625 bits per heavy atom. The molecule has 0 aliphatic carbocycles. The summed E-state index contributed by atoms with van der Waals surface area (Å²) < 4.78 is 0. The summed E-state index contributed by atoms with van der Waals surface area (Å²) in [6.07, 6.45) is 9.95. The van der Waals surface area contributed by atoms with Crippen LogP contribution in [0.15, 0.2) is 36.7 Å². The summed E-state index contributed by atoms with van der Waals surface area (Å²) in [6, 6.07) is 0. The van der Waals surface area contributed by atoms with Crippen LogP contribution >= 0.6 is 0 Å². The molecule has 0 radical (unpaired) electrons. The molecule has 0 aromatic heterocycles. The van der Waals surface area contributed by atoms with Crippen LogP contribution in [0, 0.1) is 0 Å². The van der Waals surface area contributed by atoms with E-state index in [9.17, 15) is 0 Å². The van der Waals surface area contributed by atoms with Crippen molar-refractivity contribution in [1.29, 1.82) is 0 Å². The van der Waals surface area contributed by atoms with E-state index >= 15 is 0 Å². The van der Waals surface area contributed by atoms with Gasteiger partial charge in [-0.15, -0.1) is 0 Å². The number of hydrogen-bond donors (Lipinski definition) is 2. The molecule has 0 rings (SSSR count). The van der Waals surface area contributed by atoms with Gasteiger partial charge in [-0.05, 0) is 24.6 Å². The minimum absolute atomic E-state index is 1.46. The molecule has 0 spiro atoms. The van der Waals surface area contributed by atoms with Crippen molar-refractivity contribution < 1.29 is 0 Å². The van der Waals surface area contributed by atoms with Gasteiger partial charge in [-0.3, -0.25) is 0 Å². The van der Waals surface area contributed by atoms with Crippen molar-refractivity contribution in [3.8, 4) is 0 Å². The van der Waals surface area contributed by atoms with E-state index in [0.717, 1.165) is 0 Å². The second kappa shape index (κ2) is 5.82. The molecule has 2 nitrogen and oxygen atoms in total. The van der Waals surface area contributed by atoms with E-state index < -0.39 is 0 Å². The van der Waals surface area contributed by atoms with Crippen molar-refractivity contribution in [3.05, 3.63) is 36.7 Å². The fourth-order valence-corrected chi connectivity index (χ4v) is 0.257. The van der Waals surface area contributed by atoms with Gasteiger partial charge >= 0.3 is 0 Å². The van der Waals surface area contributed by atoms with Crippen molar-refractivity contribution in [2.75, 3.05) is 0 Å². The lowest BCUT2D eigenvalue weighted by molar-refractivity contribution is 1.59. The lowest BCUT2D eigenvalue weighted by atomic mass is 10.5. The van der Waals surface area contributed by atoms with Crippen LogP contribution in [0.25, 0.3) is 0 Å². The van der Waals surface area contributed by atoms with E-state index in [1.54, 1.807) is 24.3 Å². The maximum atomic E-state index is 5.02. The van der Waals surface area contributed by atoms with Crippen molar-refractivity contribution >= 4 is 0 Å². The molecule has 2 heteroatoms. The lowest BCUT2D eigenvalue weighted by Crippen LogP contribution is -1.73. The number of nitrogens with two attached hydrogens (primary N) is 2. The molecule has 0 aliphatic rings. The summed E-state index contributed by atoms with van der Waals surface area (Å²) in [5.74, 6) is 0. The first kappa shape index (κ1) is 6.82. The smallest absolute Gasteiger partial charge is 0.00624 e. The van der Waals surface area contributed by atoms with Crippen LogP contribution in [0.3, 0.4) is 0 Å². The average Bonchev–Trinajstić information content (AvgIpc) is 1.81. The molecule has 0 aromatic rings. The predicted octanol–water partition coefficient (Wildman–Crippen LogP) is 0.487. The van der Waals surface area contributed by atoms with Gasteiger partial charge in [-0.1, -0.05) is 12.2 Å². The molecule has 0 saturated carbocycles. The van der Waals surface area contributed by atoms with Gasteiger partial charge in [0, 0.05) is 0 Å². The molecule has 0 amide bonds. The maximum absolute atomic E-state index is 5.02. The van der Waals surface area contributed by atoms with Crippen LogP contribution in [0.2, 0.25) is 0 Å². The highest BCUT2D eigenvalue weighted by atomic mass is 14.5. The monoisotopic (exact) mass is 110 g/mol. The molecule has 0 aromatic carbocycles. The fraction of sp³-hybridized carbons (Fsp3) is 0.